The van der Waals surface area contributed by atoms with Crippen molar-refractivity contribution in [2.45, 2.75) is 46.1 Å². The number of ether oxygens (including phenoxy) is 1. The molecule has 0 atom stereocenters. The van der Waals surface area contributed by atoms with Crippen molar-refractivity contribution in [2.24, 2.45) is 0 Å². The number of rotatable bonds is 4. The molecular weight excluding hydrogens is 384 g/mol. The van der Waals surface area contributed by atoms with Crippen molar-refractivity contribution < 1.29 is 4.74 Å². The third-order valence-corrected chi connectivity index (χ3v) is 7.16. The lowest BCUT2D eigenvalue weighted by atomic mass is 9.89. The summed E-state index contributed by atoms with van der Waals surface area (Å²) < 4.78 is 8.78. The first kappa shape index (κ1) is 19.2. The van der Waals surface area contributed by atoms with Gasteiger partial charge >= 0.3 is 0 Å². The second-order valence-corrected chi connectivity index (χ2v) is 9.37. The minimum absolute atomic E-state index is 0.184. The van der Waals surface area contributed by atoms with Crippen LogP contribution in [0.2, 0.25) is 0 Å². The standard InChI is InChI=1S/C23H26N2OS2/c1-6-26-17-11-12-19-18(13-17)20-21(23(4,5)24-19)28-25(22(20)27)16-9-7-15(8-10-16)14(2)3/h7-14,24H,6H2,1-5H3. The lowest BCUT2D eigenvalue weighted by molar-refractivity contribution is 0.340. The number of benzene rings is 2. The Balaban J connectivity index is 1.89. The SMILES string of the molecule is CCOc1ccc2c(c1)-c1c(sn(-c3ccc(C(C)C)cc3)c1=S)C(C)(C)N2. The molecule has 0 amide bonds. The monoisotopic (exact) mass is 410 g/mol. The Labute approximate surface area is 176 Å². The molecule has 3 aromatic rings. The molecule has 0 unspecified atom stereocenters. The first-order chi connectivity index (χ1) is 13.3. The molecule has 0 fully saturated rings. The predicted molar refractivity (Wildman–Crippen MR) is 122 cm³/mol. The molecule has 1 aliphatic rings. The molecule has 2 aromatic carbocycles. The highest BCUT2D eigenvalue weighted by molar-refractivity contribution is 7.71. The topological polar surface area (TPSA) is 26.2 Å². The molecule has 5 heteroatoms. The summed E-state index contributed by atoms with van der Waals surface area (Å²) in [6, 6.07) is 15.0. The van der Waals surface area contributed by atoms with E-state index < -0.39 is 0 Å². The summed E-state index contributed by atoms with van der Waals surface area (Å²) in [5.74, 6) is 1.40. The highest BCUT2D eigenvalue weighted by atomic mass is 32.1. The largest absolute Gasteiger partial charge is 0.494 e. The molecule has 1 aliphatic heterocycles. The van der Waals surface area contributed by atoms with Crippen LogP contribution >= 0.6 is 23.8 Å². The molecule has 0 aliphatic carbocycles. The van der Waals surface area contributed by atoms with Crippen molar-refractivity contribution in [1.29, 1.82) is 0 Å². The molecule has 4 rings (SSSR count). The third kappa shape index (κ3) is 3.16. The van der Waals surface area contributed by atoms with Crippen LogP contribution in [-0.4, -0.2) is 10.6 Å². The Bertz CT molecular complexity index is 1070. The summed E-state index contributed by atoms with van der Waals surface area (Å²) >= 11 is 7.70. The molecule has 0 bridgehead atoms. The van der Waals surface area contributed by atoms with E-state index in [1.165, 1.54) is 10.4 Å². The van der Waals surface area contributed by atoms with Crippen LogP contribution in [0.3, 0.4) is 0 Å². The first-order valence-electron chi connectivity index (χ1n) is 9.74. The molecule has 2 heterocycles. The van der Waals surface area contributed by atoms with E-state index >= 15 is 0 Å². The Morgan fingerprint density at radius 3 is 2.50 bits per heavy atom. The minimum Gasteiger partial charge on any atom is -0.494 e. The zero-order valence-corrected chi connectivity index (χ0v) is 18.6. The summed E-state index contributed by atoms with van der Waals surface area (Å²) in [4.78, 5) is 1.26. The first-order valence-corrected chi connectivity index (χ1v) is 10.9. The van der Waals surface area contributed by atoms with Gasteiger partial charge in [-0.05, 0) is 62.6 Å². The minimum atomic E-state index is -0.184. The lowest BCUT2D eigenvalue weighted by Crippen LogP contribution is -2.30. The fourth-order valence-electron chi connectivity index (χ4n) is 3.69. The van der Waals surface area contributed by atoms with E-state index in [9.17, 15) is 0 Å². The number of fused-ring (bicyclic) bond motifs is 3. The quantitative estimate of drug-likeness (QED) is 0.464. The summed E-state index contributed by atoms with van der Waals surface area (Å²) in [6.07, 6.45) is 0. The molecule has 28 heavy (non-hydrogen) atoms. The molecule has 0 saturated heterocycles. The van der Waals surface area contributed by atoms with Gasteiger partial charge in [-0.25, -0.2) is 0 Å². The normalized spacial score (nSPS) is 14.4. The number of hydrogen-bond donors (Lipinski definition) is 1. The molecule has 0 saturated carbocycles. The smallest absolute Gasteiger partial charge is 0.129 e. The second kappa shape index (κ2) is 7.05. The van der Waals surface area contributed by atoms with Crippen LogP contribution in [0.4, 0.5) is 5.69 Å². The molecule has 0 radical (unpaired) electrons. The van der Waals surface area contributed by atoms with Gasteiger partial charge in [-0.1, -0.05) is 49.7 Å². The van der Waals surface area contributed by atoms with E-state index in [1.807, 2.05) is 13.0 Å². The van der Waals surface area contributed by atoms with E-state index in [1.54, 1.807) is 11.5 Å². The maximum atomic E-state index is 5.97. The summed E-state index contributed by atoms with van der Waals surface area (Å²) in [5.41, 5.74) is 5.65. The van der Waals surface area contributed by atoms with Crippen LogP contribution in [0.25, 0.3) is 16.8 Å². The number of aromatic nitrogens is 1. The predicted octanol–water partition coefficient (Wildman–Crippen LogP) is 7.12. The maximum Gasteiger partial charge on any atom is 0.129 e. The van der Waals surface area contributed by atoms with Gasteiger partial charge < -0.3 is 10.1 Å². The fourth-order valence-corrected chi connectivity index (χ4v) is 5.35. The second-order valence-electron chi connectivity index (χ2n) is 8.03. The Hall–Kier alpha value is -2.11. The summed E-state index contributed by atoms with van der Waals surface area (Å²) in [5, 5.41) is 3.67. The third-order valence-electron chi connectivity index (χ3n) is 5.19. The van der Waals surface area contributed by atoms with Gasteiger partial charge in [0.25, 0.3) is 0 Å². The average molecular weight is 411 g/mol. The zero-order chi connectivity index (χ0) is 20.1. The van der Waals surface area contributed by atoms with Gasteiger partial charge in [-0.3, -0.25) is 3.96 Å². The molecular formula is C23H26N2OS2. The van der Waals surface area contributed by atoms with E-state index in [4.69, 9.17) is 17.0 Å². The van der Waals surface area contributed by atoms with E-state index in [0.717, 1.165) is 32.9 Å². The van der Waals surface area contributed by atoms with E-state index in [0.29, 0.717) is 12.5 Å². The zero-order valence-electron chi connectivity index (χ0n) is 17.0. The highest BCUT2D eigenvalue weighted by Crippen LogP contribution is 2.48. The Morgan fingerprint density at radius 1 is 1.14 bits per heavy atom. The van der Waals surface area contributed by atoms with Crippen LogP contribution in [0, 0.1) is 4.64 Å². The summed E-state index contributed by atoms with van der Waals surface area (Å²) in [7, 11) is 0. The van der Waals surface area contributed by atoms with Crippen LogP contribution in [0.1, 0.15) is 51.0 Å². The molecule has 3 nitrogen and oxygen atoms in total. The molecule has 1 aromatic heterocycles. The number of nitrogens with one attached hydrogen (secondary N) is 1. The van der Waals surface area contributed by atoms with Gasteiger partial charge in [-0.2, -0.15) is 0 Å². The molecule has 0 spiro atoms. The number of nitrogens with zero attached hydrogens (tertiary/aromatic N) is 1. The van der Waals surface area contributed by atoms with Crippen LogP contribution in [0.15, 0.2) is 42.5 Å². The van der Waals surface area contributed by atoms with Crippen LogP contribution in [-0.2, 0) is 5.54 Å². The van der Waals surface area contributed by atoms with Crippen LogP contribution in [0.5, 0.6) is 5.75 Å². The molecule has 146 valence electrons. The van der Waals surface area contributed by atoms with Crippen molar-refractivity contribution in [3.63, 3.8) is 0 Å². The van der Waals surface area contributed by atoms with Crippen molar-refractivity contribution >= 4 is 29.4 Å². The van der Waals surface area contributed by atoms with Gasteiger partial charge in [-0.15, -0.1) is 0 Å². The van der Waals surface area contributed by atoms with Gasteiger partial charge in [0.2, 0.25) is 0 Å². The van der Waals surface area contributed by atoms with Crippen molar-refractivity contribution in [1.82, 2.24) is 3.96 Å². The Kier molecular flexibility index (Phi) is 4.84. The molecule has 1 N–H and O–H groups in total. The van der Waals surface area contributed by atoms with Gasteiger partial charge in [0, 0.05) is 16.8 Å². The van der Waals surface area contributed by atoms with Crippen LogP contribution < -0.4 is 10.1 Å². The fraction of sp³-hybridized carbons (Fsp3) is 0.348. The van der Waals surface area contributed by atoms with Crippen molar-refractivity contribution in [2.75, 3.05) is 11.9 Å². The average Bonchev–Trinajstić information content (AvgIpc) is 3.01. The highest BCUT2D eigenvalue weighted by Gasteiger charge is 2.34. The van der Waals surface area contributed by atoms with E-state index in [2.05, 4.69) is 73.4 Å². The maximum absolute atomic E-state index is 5.97. The van der Waals surface area contributed by atoms with Crippen molar-refractivity contribution in [3.8, 4) is 22.6 Å². The van der Waals surface area contributed by atoms with Gasteiger partial charge in [0.15, 0.2) is 0 Å². The lowest BCUT2D eigenvalue weighted by Gasteiger charge is -2.33. The number of anilines is 1. The number of hydrogen-bond acceptors (Lipinski definition) is 4. The summed E-state index contributed by atoms with van der Waals surface area (Å²) in [6.45, 7) is 11.5. The van der Waals surface area contributed by atoms with Crippen molar-refractivity contribution in [3.05, 3.63) is 57.5 Å². The van der Waals surface area contributed by atoms with E-state index in [-0.39, 0.29) is 5.54 Å². The Morgan fingerprint density at radius 2 is 1.86 bits per heavy atom. The van der Waals surface area contributed by atoms with Gasteiger partial charge in [0.1, 0.15) is 10.4 Å². The van der Waals surface area contributed by atoms with Gasteiger partial charge in [0.05, 0.1) is 22.7 Å².